The molecule has 0 radical (unpaired) electrons. The standard InChI is InChI=1S/C25H28N2O4S/c28-23(27-13-11-18-6-1-3-9-21(18)27)17-32-22-10-4-2-8-20(22)24(29)26-12-5-7-19(16-26)25-30-14-15-31-25/h1-4,6,8-10,19,25H,5,7,11-17H2. The van der Waals surface area contributed by atoms with Crippen LogP contribution in [0.5, 0.6) is 0 Å². The predicted octanol–water partition coefficient (Wildman–Crippen LogP) is 3.59. The number of likely N-dealkylation sites (tertiary alicyclic amines) is 1. The highest BCUT2D eigenvalue weighted by Crippen LogP contribution is 2.31. The average molecular weight is 453 g/mol. The Kier molecular flexibility index (Phi) is 6.48. The molecule has 2 saturated heterocycles. The van der Waals surface area contributed by atoms with Crippen LogP contribution in [0.25, 0.3) is 0 Å². The van der Waals surface area contributed by atoms with E-state index in [-0.39, 0.29) is 24.0 Å². The van der Waals surface area contributed by atoms with Crippen molar-refractivity contribution in [1.29, 1.82) is 0 Å². The summed E-state index contributed by atoms with van der Waals surface area (Å²) in [5.74, 6) is 0.628. The van der Waals surface area contributed by atoms with Crippen molar-refractivity contribution < 1.29 is 19.1 Å². The number of nitrogens with zero attached hydrogens (tertiary/aromatic N) is 2. The lowest BCUT2D eigenvalue weighted by atomic mass is 9.96. The van der Waals surface area contributed by atoms with Crippen LogP contribution in [0.15, 0.2) is 53.4 Å². The lowest BCUT2D eigenvalue weighted by molar-refractivity contribution is -0.116. The minimum absolute atomic E-state index is 0.0229. The maximum Gasteiger partial charge on any atom is 0.255 e. The molecule has 2 aromatic carbocycles. The van der Waals surface area contributed by atoms with Gasteiger partial charge in [0.25, 0.3) is 5.91 Å². The van der Waals surface area contributed by atoms with E-state index < -0.39 is 0 Å². The van der Waals surface area contributed by atoms with Gasteiger partial charge in [-0.15, -0.1) is 11.8 Å². The van der Waals surface area contributed by atoms with Gasteiger partial charge >= 0.3 is 0 Å². The summed E-state index contributed by atoms with van der Waals surface area (Å²) in [5, 5.41) is 0. The van der Waals surface area contributed by atoms with Gasteiger partial charge in [-0.25, -0.2) is 0 Å². The Morgan fingerprint density at radius 2 is 1.78 bits per heavy atom. The Morgan fingerprint density at radius 1 is 1.00 bits per heavy atom. The summed E-state index contributed by atoms with van der Waals surface area (Å²) < 4.78 is 11.4. The molecule has 6 nitrogen and oxygen atoms in total. The smallest absolute Gasteiger partial charge is 0.255 e. The molecule has 0 aliphatic carbocycles. The van der Waals surface area contributed by atoms with Crippen LogP contribution >= 0.6 is 11.8 Å². The zero-order valence-electron chi connectivity index (χ0n) is 18.1. The monoisotopic (exact) mass is 452 g/mol. The van der Waals surface area contributed by atoms with E-state index in [2.05, 4.69) is 6.07 Å². The third kappa shape index (κ3) is 4.42. The third-order valence-corrected chi connectivity index (χ3v) is 7.49. The SMILES string of the molecule is O=C(c1ccccc1SCC(=O)N1CCc2ccccc21)N1CCCC(C2OCCO2)C1. The summed E-state index contributed by atoms with van der Waals surface area (Å²) >= 11 is 1.45. The molecule has 1 unspecified atom stereocenters. The van der Waals surface area contributed by atoms with E-state index in [9.17, 15) is 9.59 Å². The molecule has 0 bridgehead atoms. The summed E-state index contributed by atoms with van der Waals surface area (Å²) in [6.07, 6.45) is 2.65. The van der Waals surface area contributed by atoms with Gasteiger partial charge in [-0.3, -0.25) is 9.59 Å². The first-order valence-electron chi connectivity index (χ1n) is 11.3. The number of carbonyl (C=O) groups is 2. The number of thioether (sulfide) groups is 1. The largest absolute Gasteiger partial charge is 0.350 e. The Labute approximate surface area is 192 Å². The van der Waals surface area contributed by atoms with Crippen LogP contribution in [0.1, 0.15) is 28.8 Å². The van der Waals surface area contributed by atoms with Crippen molar-refractivity contribution >= 4 is 29.3 Å². The van der Waals surface area contributed by atoms with Gasteiger partial charge in [0, 0.05) is 36.1 Å². The molecule has 0 saturated carbocycles. The molecule has 32 heavy (non-hydrogen) atoms. The number of piperidine rings is 1. The van der Waals surface area contributed by atoms with E-state index in [1.807, 2.05) is 52.3 Å². The molecule has 3 aliphatic heterocycles. The van der Waals surface area contributed by atoms with Crippen molar-refractivity contribution in [2.75, 3.05) is 43.5 Å². The average Bonchev–Trinajstić information content (AvgIpc) is 3.53. The van der Waals surface area contributed by atoms with Crippen LogP contribution in [0.3, 0.4) is 0 Å². The van der Waals surface area contributed by atoms with E-state index in [1.165, 1.54) is 17.3 Å². The Bertz CT molecular complexity index is 991. The molecule has 0 aromatic heterocycles. The van der Waals surface area contributed by atoms with Crippen LogP contribution in [0.4, 0.5) is 5.69 Å². The van der Waals surface area contributed by atoms with Crippen molar-refractivity contribution in [3.63, 3.8) is 0 Å². The molecular formula is C25H28N2O4S. The van der Waals surface area contributed by atoms with Gasteiger partial charge in [-0.05, 0) is 43.0 Å². The highest BCUT2D eigenvalue weighted by molar-refractivity contribution is 8.00. The molecule has 5 rings (SSSR count). The van der Waals surface area contributed by atoms with Gasteiger partial charge in [-0.2, -0.15) is 0 Å². The molecule has 0 spiro atoms. The second-order valence-electron chi connectivity index (χ2n) is 8.47. The lowest BCUT2D eigenvalue weighted by Gasteiger charge is -2.35. The second kappa shape index (κ2) is 9.65. The molecule has 7 heteroatoms. The zero-order chi connectivity index (χ0) is 21.9. The van der Waals surface area contributed by atoms with Crippen molar-refractivity contribution in [3.05, 3.63) is 59.7 Å². The highest BCUT2D eigenvalue weighted by Gasteiger charge is 2.33. The lowest BCUT2D eigenvalue weighted by Crippen LogP contribution is -2.44. The van der Waals surface area contributed by atoms with Gasteiger partial charge in [0.2, 0.25) is 5.91 Å². The molecule has 2 aromatic rings. The number of rotatable bonds is 5. The van der Waals surface area contributed by atoms with Crippen molar-refractivity contribution in [3.8, 4) is 0 Å². The second-order valence-corrected chi connectivity index (χ2v) is 9.49. The fraction of sp³-hybridized carbons (Fsp3) is 0.440. The number of amides is 2. The molecule has 0 N–H and O–H groups in total. The Hall–Kier alpha value is -2.35. The van der Waals surface area contributed by atoms with E-state index in [0.29, 0.717) is 31.1 Å². The minimum atomic E-state index is -0.198. The van der Waals surface area contributed by atoms with Crippen LogP contribution in [-0.4, -0.2) is 61.6 Å². The molecule has 2 amide bonds. The Balaban J connectivity index is 1.25. The summed E-state index contributed by atoms with van der Waals surface area (Å²) in [6, 6.07) is 15.7. The number of para-hydroxylation sites is 1. The van der Waals surface area contributed by atoms with E-state index in [0.717, 1.165) is 42.9 Å². The first-order valence-corrected chi connectivity index (χ1v) is 12.3. The van der Waals surface area contributed by atoms with Gasteiger partial charge in [0.15, 0.2) is 6.29 Å². The van der Waals surface area contributed by atoms with Crippen LogP contribution in [0.2, 0.25) is 0 Å². The number of benzene rings is 2. The fourth-order valence-electron chi connectivity index (χ4n) is 4.82. The van der Waals surface area contributed by atoms with Crippen molar-refractivity contribution in [2.45, 2.75) is 30.4 Å². The molecule has 3 heterocycles. The number of anilines is 1. The van der Waals surface area contributed by atoms with Crippen LogP contribution in [0, 0.1) is 5.92 Å². The normalized spacial score (nSPS) is 21.1. The van der Waals surface area contributed by atoms with Gasteiger partial charge < -0.3 is 19.3 Å². The highest BCUT2D eigenvalue weighted by atomic mass is 32.2. The number of ether oxygens (including phenoxy) is 2. The first kappa shape index (κ1) is 21.5. The number of hydrogen-bond acceptors (Lipinski definition) is 5. The molecular weight excluding hydrogens is 424 g/mol. The summed E-state index contributed by atoms with van der Waals surface area (Å²) in [7, 11) is 0. The van der Waals surface area contributed by atoms with E-state index in [4.69, 9.17) is 9.47 Å². The molecule has 168 valence electrons. The third-order valence-electron chi connectivity index (χ3n) is 6.43. The maximum atomic E-state index is 13.4. The summed E-state index contributed by atoms with van der Waals surface area (Å²) in [4.78, 5) is 31.0. The molecule has 3 aliphatic rings. The van der Waals surface area contributed by atoms with E-state index in [1.54, 1.807) is 0 Å². The number of carbonyl (C=O) groups excluding carboxylic acids is 2. The molecule has 2 fully saturated rings. The molecule has 1 atom stereocenters. The van der Waals surface area contributed by atoms with Gasteiger partial charge in [0.1, 0.15) is 0 Å². The minimum Gasteiger partial charge on any atom is -0.350 e. The Morgan fingerprint density at radius 3 is 2.66 bits per heavy atom. The summed E-state index contributed by atoms with van der Waals surface area (Å²) in [5.41, 5.74) is 2.90. The number of fused-ring (bicyclic) bond motifs is 1. The maximum absolute atomic E-state index is 13.4. The summed E-state index contributed by atoms with van der Waals surface area (Å²) in [6.45, 7) is 3.37. The topological polar surface area (TPSA) is 59.1 Å². The number of hydrogen-bond donors (Lipinski definition) is 0. The zero-order valence-corrected chi connectivity index (χ0v) is 18.9. The van der Waals surface area contributed by atoms with Crippen molar-refractivity contribution in [2.24, 2.45) is 5.92 Å². The van der Waals surface area contributed by atoms with Crippen LogP contribution < -0.4 is 4.90 Å². The van der Waals surface area contributed by atoms with Crippen molar-refractivity contribution in [1.82, 2.24) is 4.90 Å². The fourth-order valence-corrected chi connectivity index (χ4v) is 5.74. The predicted molar refractivity (Wildman–Crippen MR) is 124 cm³/mol. The van der Waals surface area contributed by atoms with E-state index >= 15 is 0 Å². The first-order chi connectivity index (χ1) is 15.7. The quantitative estimate of drug-likeness (QED) is 0.649. The van der Waals surface area contributed by atoms with Gasteiger partial charge in [-0.1, -0.05) is 30.3 Å². The van der Waals surface area contributed by atoms with Gasteiger partial charge in [0.05, 0.1) is 24.5 Å². The van der Waals surface area contributed by atoms with Crippen LogP contribution in [-0.2, 0) is 20.7 Å².